The van der Waals surface area contributed by atoms with Gasteiger partial charge in [0.05, 0.1) is 18.3 Å². The monoisotopic (exact) mass is 312 g/mol. The van der Waals surface area contributed by atoms with E-state index in [-0.39, 0.29) is 18.6 Å². The highest BCUT2D eigenvalue weighted by molar-refractivity contribution is 5.95. The molecular weight excluding hydrogens is 288 g/mol. The van der Waals surface area contributed by atoms with Crippen molar-refractivity contribution in [1.29, 1.82) is 0 Å². The lowest BCUT2D eigenvalue weighted by molar-refractivity contribution is -0.114. The van der Waals surface area contributed by atoms with Crippen molar-refractivity contribution in [3.63, 3.8) is 0 Å². The van der Waals surface area contributed by atoms with Gasteiger partial charge in [0.25, 0.3) is 0 Å². The van der Waals surface area contributed by atoms with Crippen LogP contribution in [0, 0.1) is 13.8 Å². The van der Waals surface area contributed by atoms with Crippen LogP contribution in [0.1, 0.15) is 25.0 Å². The molecule has 0 fully saturated rings. The van der Waals surface area contributed by atoms with E-state index in [1.165, 1.54) is 0 Å². The summed E-state index contributed by atoms with van der Waals surface area (Å²) in [6.07, 6.45) is 0.0563. The highest BCUT2D eigenvalue weighted by Gasteiger charge is 2.09. The Morgan fingerprint density at radius 2 is 1.70 bits per heavy atom. The van der Waals surface area contributed by atoms with Gasteiger partial charge in [-0.15, -0.1) is 0 Å². The highest BCUT2D eigenvalue weighted by atomic mass is 16.5. The molecule has 23 heavy (non-hydrogen) atoms. The predicted octanol–water partition coefficient (Wildman–Crippen LogP) is 4.14. The number of carbonyl (C=O) groups is 1. The molecule has 0 aromatic heterocycles. The standard InChI is InChI=1S/C19H24N2O2/c1-13(2)23-17-11-6-5-10-16(17)21-18(22)12-20-19-14(3)8-7-9-15(19)4/h5-11,13,20H,12H2,1-4H3,(H,21,22). The van der Waals surface area contributed by atoms with E-state index in [1.54, 1.807) is 0 Å². The lowest BCUT2D eigenvalue weighted by Crippen LogP contribution is -2.23. The average molecular weight is 312 g/mol. The van der Waals surface area contributed by atoms with Gasteiger partial charge in [0, 0.05) is 5.69 Å². The molecule has 0 aliphatic carbocycles. The van der Waals surface area contributed by atoms with E-state index in [1.807, 2.05) is 70.2 Å². The summed E-state index contributed by atoms with van der Waals surface area (Å²) in [6.45, 7) is 8.18. The van der Waals surface area contributed by atoms with Crippen LogP contribution < -0.4 is 15.4 Å². The minimum atomic E-state index is -0.104. The molecule has 0 radical (unpaired) electrons. The second-order valence-electron chi connectivity index (χ2n) is 5.83. The van der Waals surface area contributed by atoms with Gasteiger partial charge >= 0.3 is 0 Å². The predicted molar refractivity (Wildman–Crippen MR) is 95.2 cm³/mol. The average Bonchev–Trinajstić information content (AvgIpc) is 2.48. The summed E-state index contributed by atoms with van der Waals surface area (Å²) in [5, 5.41) is 6.11. The van der Waals surface area contributed by atoms with E-state index in [0.29, 0.717) is 11.4 Å². The summed E-state index contributed by atoms with van der Waals surface area (Å²) < 4.78 is 5.71. The normalized spacial score (nSPS) is 10.5. The van der Waals surface area contributed by atoms with Crippen LogP contribution in [0.25, 0.3) is 0 Å². The van der Waals surface area contributed by atoms with Crippen molar-refractivity contribution in [2.45, 2.75) is 33.8 Å². The third-order valence-corrected chi connectivity index (χ3v) is 3.43. The number of amides is 1. The van der Waals surface area contributed by atoms with Crippen molar-refractivity contribution in [2.24, 2.45) is 0 Å². The Bertz CT molecular complexity index is 661. The van der Waals surface area contributed by atoms with Crippen LogP contribution in [0.4, 0.5) is 11.4 Å². The number of nitrogens with one attached hydrogen (secondary N) is 2. The smallest absolute Gasteiger partial charge is 0.243 e. The number of aryl methyl sites for hydroxylation is 2. The van der Waals surface area contributed by atoms with Crippen LogP contribution in [0.5, 0.6) is 5.75 Å². The molecule has 1 amide bonds. The molecule has 122 valence electrons. The lowest BCUT2D eigenvalue weighted by atomic mass is 10.1. The van der Waals surface area contributed by atoms with Crippen LogP contribution >= 0.6 is 0 Å². The summed E-state index contributed by atoms with van der Waals surface area (Å²) >= 11 is 0. The maximum absolute atomic E-state index is 12.2. The first kappa shape index (κ1) is 16.9. The van der Waals surface area contributed by atoms with Gasteiger partial charge in [-0.3, -0.25) is 4.79 Å². The summed E-state index contributed by atoms with van der Waals surface area (Å²) in [6, 6.07) is 13.5. The third kappa shape index (κ3) is 4.74. The van der Waals surface area contributed by atoms with E-state index < -0.39 is 0 Å². The zero-order valence-electron chi connectivity index (χ0n) is 14.1. The van der Waals surface area contributed by atoms with Crippen molar-refractivity contribution in [3.05, 3.63) is 53.6 Å². The van der Waals surface area contributed by atoms with Gasteiger partial charge in [0.15, 0.2) is 0 Å². The molecule has 2 aromatic rings. The number of benzene rings is 2. The fourth-order valence-corrected chi connectivity index (χ4v) is 2.38. The molecule has 4 heteroatoms. The minimum Gasteiger partial charge on any atom is -0.489 e. The van der Waals surface area contributed by atoms with Crippen molar-refractivity contribution >= 4 is 17.3 Å². The Morgan fingerprint density at radius 1 is 1.04 bits per heavy atom. The van der Waals surface area contributed by atoms with Crippen LogP contribution in [-0.4, -0.2) is 18.6 Å². The van der Waals surface area contributed by atoms with Crippen molar-refractivity contribution in [1.82, 2.24) is 0 Å². The zero-order valence-corrected chi connectivity index (χ0v) is 14.1. The molecule has 2 N–H and O–H groups in total. The molecule has 2 aromatic carbocycles. The number of ether oxygens (including phenoxy) is 1. The molecule has 0 spiro atoms. The molecule has 4 nitrogen and oxygen atoms in total. The van der Waals surface area contributed by atoms with E-state index in [2.05, 4.69) is 10.6 Å². The molecule has 2 rings (SSSR count). The largest absolute Gasteiger partial charge is 0.489 e. The number of hydrogen-bond donors (Lipinski definition) is 2. The number of rotatable bonds is 6. The maximum atomic E-state index is 12.2. The first-order chi connectivity index (χ1) is 11.0. The van der Waals surface area contributed by atoms with E-state index in [4.69, 9.17) is 4.74 Å². The van der Waals surface area contributed by atoms with Gasteiger partial charge in [-0.1, -0.05) is 30.3 Å². The molecule has 0 atom stereocenters. The summed E-state index contributed by atoms with van der Waals surface area (Å²) in [4.78, 5) is 12.2. The Morgan fingerprint density at radius 3 is 2.35 bits per heavy atom. The summed E-state index contributed by atoms with van der Waals surface area (Å²) in [7, 11) is 0. The van der Waals surface area contributed by atoms with E-state index in [9.17, 15) is 4.79 Å². The Kier molecular flexibility index (Phi) is 5.63. The number of hydrogen-bond acceptors (Lipinski definition) is 3. The van der Waals surface area contributed by atoms with Crippen LogP contribution in [0.2, 0.25) is 0 Å². The van der Waals surface area contributed by atoms with Gasteiger partial charge in [0.1, 0.15) is 5.75 Å². The fraction of sp³-hybridized carbons (Fsp3) is 0.316. The molecule has 0 aliphatic rings. The molecule has 0 unspecified atom stereocenters. The van der Waals surface area contributed by atoms with Crippen molar-refractivity contribution in [3.8, 4) is 5.75 Å². The molecule has 0 heterocycles. The highest BCUT2D eigenvalue weighted by Crippen LogP contribution is 2.25. The number of carbonyl (C=O) groups excluding carboxylic acids is 1. The van der Waals surface area contributed by atoms with Gasteiger partial charge in [0.2, 0.25) is 5.91 Å². The third-order valence-electron chi connectivity index (χ3n) is 3.43. The Hall–Kier alpha value is -2.49. The van der Waals surface area contributed by atoms with Crippen LogP contribution in [0.15, 0.2) is 42.5 Å². The minimum absolute atomic E-state index is 0.0563. The number of para-hydroxylation sites is 3. The quantitative estimate of drug-likeness (QED) is 0.843. The molecule has 0 bridgehead atoms. The second-order valence-corrected chi connectivity index (χ2v) is 5.83. The molecular formula is C19H24N2O2. The van der Waals surface area contributed by atoms with E-state index in [0.717, 1.165) is 16.8 Å². The van der Waals surface area contributed by atoms with Crippen LogP contribution in [-0.2, 0) is 4.79 Å². The van der Waals surface area contributed by atoms with Gasteiger partial charge in [-0.05, 0) is 51.0 Å². The second kappa shape index (κ2) is 7.68. The summed E-state index contributed by atoms with van der Waals surface area (Å²) in [5.74, 6) is 0.579. The fourth-order valence-electron chi connectivity index (χ4n) is 2.38. The molecule has 0 saturated heterocycles. The first-order valence-corrected chi connectivity index (χ1v) is 7.83. The Balaban J connectivity index is 2.00. The van der Waals surface area contributed by atoms with Crippen LogP contribution in [0.3, 0.4) is 0 Å². The SMILES string of the molecule is Cc1cccc(C)c1NCC(=O)Nc1ccccc1OC(C)C. The maximum Gasteiger partial charge on any atom is 0.243 e. The van der Waals surface area contributed by atoms with Gasteiger partial charge < -0.3 is 15.4 Å². The topological polar surface area (TPSA) is 50.4 Å². The van der Waals surface area contributed by atoms with Gasteiger partial charge in [-0.25, -0.2) is 0 Å². The van der Waals surface area contributed by atoms with Crippen molar-refractivity contribution in [2.75, 3.05) is 17.2 Å². The Labute approximate surface area is 137 Å². The summed E-state index contributed by atoms with van der Waals surface area (Å²) in [5.41, 5.74) is 3.95. The van der Waals surface area contributed by atoms with Gasteiger partial charge in [-0.2, -0.15) is 0 Å². The molecule has 0 aliphatic heterocycles. The van der Waals surface area contributed by atoms with E-state index >= 15 is 0 Å². The zero-order chi connectivity index (χ0) is 16.8. The first-order valence-electron chi connectivity index (χ1n) is 7.83. The van der Waals surface area contributed by atoms with Crippen molar-refractivity contribution < 1.29 is 9.53 Å². The molecule has 0 saturated carbocycles. The lowest BCUT2D eigenvalue weighted by Gasteiger charge is -2.16. The number of anilines is 2.